The lowest BCUT2D eigenvalue weighted by atomic mass is 10.2. The Labute approximate surface area is 125 Å². The summed E-state index contributed by atoms with van der Waals surface area (Å²) in [5, 5.41) is 11.6. The van der Waals surface area contributed by atoms with E-state index in [1.165, 1.54) is 0 Å². The number of methoxy groups -OCH3 is 1. The summed E-state index contributed by atoms with van der Waals surface area (Å²) in [6.45, 7) is -0.382. The Morgan fingerprint density at radius 3 is 2.43 bits per heavy atom. The molecule has 0 fully saturated rings. The van der Waals surface area contributed by atoms with Gasteiger partial charge in [-0.1, -0.05) is 11.6 Å². The summed E-state index contributed by atoms with van der Waals surface area (Å²) in [5.74, 6) is -2.32. The number of hydrogen-bond acceptors (Lipinski definition) is 5. The van der Waals surface area contributed by atoms with Gasteiger partial charge in [-0.2, -0.15) is 0 Å². The highest BCUT2D eigenvalue weighted by molar-refractivity contribution is 6.30. The topological polar surface area (TPSA) is 102 Å². The fourth-order valence-corrected chi connectivity index (χ4v) is 1.49. The zero-order valence-electron chi connectivity index (χ0n) is 11.2. The molecule has 1 aromatic rings. The maximum absolute atomic E-state index is 11.6. The van der Waals surface area contributed by atoms with Gasteiger partial charge in [-0.3, -0.25) is 9.59 Å². The number of rotatable bonds is 7. The van der Waals surface area contributed by atoms with Crippen LogP contribution < -0.4 is 10.1 Å². The molecule has 0 heterocycles. The smallest absolute Gasteiger partial charge is 0.326 e. The van der Waals surface area contributed by atoms with Crippen LogP contribution in [0, 0.1) is 0 Å². The summed E-state index contributed by atoms with van der Waals surface area (Å²) in [6, 6.07) is 4.95. The van der Waals surface area contributed by atoms with Crippen molar-refractivity contribution in [3.8, 4) is 5.75 Å². The molecule has 0 aromatic heterocycles. The van der Waals surface area contributed by atoms with E-state index in [4.69, 9.17) is 21.4 Å². The number of benzene rings is 1. The van der Waals surface area contributed by atoms with E-state index in [1.54, 1.807) is 24.3 Å². The second-order valence-corrected chi connectivity index (χ2v) is 4.42. The van der Waals surface area contributed by atoms with E-state index < -0.39 is 30.3 Å². The van der Waals surface area contributed by atoms with Crippen LogP contribution in [-0.2, 0) is 19.1 Å². The van der Waals surface area contributed by atoms with Crippen molar-refractivity contribution in [1.82, 2.24) is 5.32 Å². The third kappa shape index (κ3) is 6.13. The van der Waals surface area contributed by atoms with E-state index in [0.717, 1.165) is 7.11 Å². The van der Waals surface area contributed by atoms with Crippen LogP contribution in [0.25, 0.3) is 0 Å². The van der Waals surface area contributed by atoms with Crippen molar-refractivity contribution in [1.29, 1.82) is 0 Å². The lowest BCUT2D eigenvalue weighted by Crippen LogP contribution is -2.44. The van der Waals surface area contributed by atoms with Gasteiger partial charge in [0.25, 0.3) is 5.91 Å². The van der Waals surface area contributed by atoms with Crippen molar-refractivity contribution in [3.63, 3.8) is 0 Å². The summed E-state index contributed by atoms with van der Waals surface area (Å²) in [6.07, 6.45) is -0.460. The van der Waals surface area contributed by atoms with E-state index in [2.05, 4.69) is 10.1 Å². The molecule has 0 aliphatic carbocycles. The number of aliphatic carboxylic acids is 1. The first-order valence-corrected chi connectivity index (χ1v) is 6.27. The van der Waals surface area contributed by atoms with Crippen molar-refractivity contribution in [2.75, 3.05) is 13.7 Å². The second-order valence-electron chi connectivity index (χ2n) is 3.98. The van der Waals surface area contributed by atoms with E-state index in [0.29, 0.717) is 10.8 Å². The molecule has 1 amide bonds. The van der Waals surface area contributed by atoms with E-state index in [9.17, 15) is 14.4 Å². The molecular weight excluding hydrogens is 302 g/mol. The summed E-state index contributed by atoms with van der Waals surface area (Å²) >= 11 is 5.70. The summed E-state index contributed by atoms with van der Waals surface area (Å²) in [4.78, 5) is 33.5. The number of amides is 1. The molecule has 0 saturated heterocycles. The van der Waals surface area contributed by atoms with Crippen LogP contribution in [0.1, 0.15) is 6.42 Å². The number of carbonyl (C=O) groups excluding carboxylic acids is 2. The largest absolute Gasteiger partial charge is 0.484 e. The molecule has 0 bridgehead atoms. The molecule has 0 spiro atoms. The third-order valence-electron chi connectivity index (χ3n) is 2.42. The van der Waals surface area contributed by atoms with Crippen molar-refractivity contribution in [2.24, 2.45) is 0 Å². The van der Waals surface area contributed by atoms with Crippen LogP contribution in [0.3, 0.4) is 0 Å². The summed E-state index contributed by atoms with van der Waals surface area (Å²) < 4.78 is 9.51. The highest BCUT2D eigenvalue weighted by Gasteiger charge is 2.23. The molecule has 8 heteroatoms. The van der Waals surface area contributed by atoms with Crippen molar-refractivity contribution in [3.05, 3.63) is 29.3 Å². The molecule has 114 valence electrons. The van der Waals surface area contributed by atoms with E-state index in [-0.39, 0.29) is 6.61 Å². The first kappa shape index (κ1) is 16.8. The third-order valence-corrected chi connectivity index (χ3v) is 2.67. The maximum atomic E-state index is 11.6. The van der Waals surface area contributed by atoms with Gasteiger partial charge < -0.3 is 19.9 Å². The fraction of sp³-hybridized carbons (Fsp3) is 0.308. The molecule has 0 aliphatic heterocycles. The Morgan fingerprint density at radius 1 is 1.29 bits per heavy atom. The molecule has 7 nitrogen and oxygen atoms in total. The van der Waals surface area contributed by atoms with Crippen LogP contribution in [0.5, 0.6) is 5.75 Å². The monoisotopic (exact) mass is 315 g/mol. The second kappa shape index (κ2) is 8.11. The maximum Gasteiger partial charge on any atom is 0.326 e. The molecule has 21 heavy (non-hydrogen) atoms. The first-order valence-electron chi connectivity index (χ1n) is 5.89. The first-order chi connectivity index (χ1) is 9.92. The summed E-state index contributed by atoms with van der Waals surface area (Å²) in [7, 11) is 1.13. The zero-order chi connectivity index (χ0) is 15.8. The number of halogens is 1. The lowest BCUT2D eigenvalue weighted by molar-refractivity contribution is -0.148. The average Bonchev–Trinajstić information content (AvgIpc) is 2.45. The van der Waals surface area contributed by atoms with Crippen LogP contribution in [-0.4, -0.2) is 42.7 Å². The number of carboxylic acids is 1. The molecule has 0 saturated carbocycles. The Balaban J connectivity index is 2.48. The van der Waals surface area contributed by atoms with Gasteiger partial charge >= 0.3 is 11.9 Å². The fourth-order valence-electron chi connectivity index (χ4n) is 1.37. The molecule has 0 unspecified atom stereocenters. The highest BCUT2D eigenvalue weighted by atomic mass is 35.5. The van der Waals surface area contributed by atoms with Crippen LogP contribution >= 0.6 is 11.6 Å². The average molecular weight is 316 g/mol. The number of esters is 1. The molecular formula is C13H14ClNO6. The standard InChI is InChI=1S/C13H14ClNO6/c1-20-12(17)6-10(13(18)19)15-11(16)7-21-9-4-2-8(14)3-5-9/h2-5,10H,6-7H2,1H3,(H,15,16)(H,18,19)/t10-/m0/s1. The van der Waals surface area contributed by atoms with Gasteiger partial charge in [-0.25, -0.2) is 4.79 Å². The molecule has 1 aromatic carbocycles. The van der Waals surface area contributed by atoms with Gasteiger partial charge in [0.15, 0.2) is 6.61 Å². The number of carboxylic acid groups (broad SMARTS) is 1. The van der Waals surface area contributed by atoms with Crippen molar-refractivity contribution < 1.29 is 29.0 Å². The summed E-state index contributed by atoms with van der Waals surface area (Å²) in [5.41, 5.74) is 0. The van der Waals surface area contributed by atoms with Gasteiger partial charge in [-0.15, -0.1) is 0 Å². The minimum Gasteiger partial charge on any atom is -0.484 e. The zero-order valence-corrected chi connectivity index (χ0v) is 11.9. The molecule has 1 atom stereocenters. The minimum absolute atomic E-state index is 0.382. The van der Waals surface area contributed by atoms with Gasteiger partial charge in [0.2, 0.25) is 0 Å². The van der Waals surface area contributed by atoms with Gasteiger partial charge in [0, 0.05) is 5.02 Å². The van der Waals surface area contributed by atoms with Gasteiger partial charge in [0.1, 0.15) is 11.8 Å². The number of nitrogens with one attached hydrogen (secondary N) is 1. The predicted molar refractivity (Wildman–Crippen MR) is 73.1 cm³/mol. The van der Waals surface area contributed by atoms with Crippen molar-refractivity contribution >= 4 is 29.4 Å². The molecule has 0 radical (unpaired) electrons. The Kier molecular flexibility index (Phi) is 6.48. The number of hydrogen-bond donors (Lipinski definition) is 2. The van der Waals surface area contributed by atoms with E-state index in [1.807, 2.05) is 0 Å². The van der Waals surface area contributed by atoms with Crippen LogP contribution in [0.4, 0.5) is 0 Å². The van der Waals surface area contributed by atoms with Crippen LogP contribution in [0.2, 0.25) is 5.02 Å². The Morgan fingerprint density at radius 2 is 1.90 bits per heavy atom. The Hall–Kier alpha value is -2.28. The molecule has 1 rings (SSSR count). The minimum atomic E-state index is -1.36. The van der Waals surface area contributed by atoms with Gasteiger partial charge in [-0.05, 0) is 24.3 Å². The lowest BCUT2D eigenvalue weighted by Gasteiger charge is -2.13. The predicted octanol–water partition coefficient (Wildman–Crippen LogP) is 0.851. The van der Waals surface area contributed by atoms with Crippen LogP contribution in [0.15, 0.2) is 24.3 Å². The SMILES string of the molecule is COC(=O)C[C@H](NC(=O)COc1ccc(Cl)cc1)C(=O)O. The number of ether oxygens (including phenoxy) is 2. The highest BCUT2D eigenvalue weighted by Crippen LogP contribution is 2.15. The van der Waals surface area contributed by atoms with E-state index >= 15 is 0 Å². The normalized spacial score (nSPS) is 11.3. The number of carbonyl (C=O) groups is 3. The quantitative estimate of drug-likeness (QED) is 0.723. The van der Waals surface area contributed by atoms with Gasteiger partial charge in [0.05, 0.1) is 13.5 Å². The van der Waals surface area contributed by atoms with Crippen molar-refractivity contribution in [2.45, 2.75) is 12.5 Å². The Bertz CT molecular complexity index is 516. The molecule has 0 aliphatic rings. The molecule has 2 N–H and O–H groups in total.